The van der Waals surface area contributed by atoms with Gasteiger partial charge in [0.25, 0.3) is 0 Å². The minimum atomic E-state index is -0.590. The molecule has 18 heavy (non-hydrogen) atoms. The summed E-state index contributed by atoms with van der Waals surface area (Å²) in [6, 6.07) is 9.52. The van der Waals surface area contributed by atoms with E-state index in [-0.39, 0.29) is 0 Å². The van der Waals surface area contributed by atoms with E-state index in [4.69, 9.17) is 4.42 Å². The Morgan fingerprint density at radius 3 is 2.89 bits per heavy atom. The van der Waals surface area contributed by atoms with Gasteiger partial charge in [-0.1, -0.05) is 12.1 Å². The van der Waals surface area contributed by atoms with Crippen LogP contribution < -0.4 is 0 Å². The van der Waals surface area contributed by atoms with Gasteiger partial charge in [-0.15, -0.1) is 11.3 Å². The third kappa shape index (κ3) is 2.21. The van der Waals surface area contributed by atoms with Crippen LogP contribution in [0.4, 0.5) is 0 Å². The van der Waals surface area contributed by atoms with Gasteiger partial charge in [-0.3, -0.25) is 0 Å². The summed E-state index contributed by atoms with van der Waals surface area (Å²) in [5.41, 5.74) is 1.58. The molecule has 5 heteroatoms. The van der Waals surface area contributed by atoms with E-state index in [0.29, 0.717) is 12.3 Å². The van der Waals surface area contributed by atoms with E-state index >= 15 is 0 Å². The Hall–Kier alpha value is -1.17. The monoisotopic (exact) mass is 323 g/mol. The van der Waals surface area contributed by atoms with Gasteiger partial charge in [-0.05, 0) is 39.5 Å². The Kier molecular flexibility index (Phi) is 3.20. The first-order chi connectivity index (χ1) is 8.74. The summed E-state index contributed by atoms with van der Waals surface area (Å²) in [5, 5.41) is 12.1. The Bertz CT molecular complexity index is 643. The number of aliphatic hydroxyl groups excluding tert-OH is 1. The van der Waals surface area contributed by atoms with Crippen LogP contribution >= 0.6 is 27.3 Å². The van der Waals surface area contributed by atoms with Crippen molar-refractivity contribution in [2.45, 2.75) is 12.5 Å². The smallest absolute Gasteiger partial charge is 0.198 e. The van der Waals surface area contributed by atoms with E-state index in [1.165, 1.54) is 11.3 Å². The van der Waals surface area contributed by atoms with E-state index in [9.17, 15) is 5.11 Å². The minimum Gasteiger partial charge on any atom is -0.441 e. The van der Waals surface area contributed by atoms with Crippen LogP contribution in [-0.2, 0) is 6.42 Å². The molecule has 0 radical (unpaired) electrons. The third-order valence-corrected chi connectivity index (χ3v) is 4.63. The van der Waals surface area contributed by atoms with E-state index in [1.54, 1.807) is 0 Å². The lowest BCUT2D eigenvalue weighted by Gasteiger charge is -2.06. The number of aromatic nitrogens is 1. The van der Waals surface area contributed by atoms with Crippen molar-refractivity contribution in [2.75, 3.05) is 0 Å². The predicted molar refractivity (Wildman–Crippen MR) is 74.7 cm³/mol. The second-order valence-electron chi connectivity index (χ2n) is 3.93. The number of para-hydroxylation sites is 2. The first-order valence-electron chi connectivity index (χ1n) is 5.49. The van der Waals surface area contributed by atoms with Crippen molar-refractivity contribution in [3.05, 3.63) is 51.0 Å². The van der Waals surface area contributed by atoms with Gasteiger partial charge in [-0.25, -0.2) is 4.98 Å². The molecule has 2 aromatic heterocycles. The van der Waals surface area contributed by atoms with Crippen molar-refractivity contribution in [2.24, 2.45) is 0 Å². The van der Waals surface area contributed by atoms with Crippen LogP contribution in [0.1, 0.15) is 16.9 Å². The highest BCUT2D eigenvalue weighted by molar-refractivity contribution is 9.10. The molecule has 1 unspecified atom stereocenters. The zero-order valence-corrected chi connectivity index (χ0v) is 11.7. The number of fused-ring (bicyclic) bond motifs is 1. The van der Waals surface area contributed by atoms with Crippen LogP contribution in [0.15, 0.2) is 44.6 Å². The molecular weight excluding hydrogens is 314 g/mol. The average Bonchev–Trinajstić information content (AvgIpc) is 2.94. The Morgan fingerprint density at radius 1 is 1.33 bits per heavy atom. The maximum atomic E-state index is 10.1. The molecule has 92 valence electrons. The summed E-state index contributed by atoms with van der Waals surface area (Å²) in [5.74, 6) is 0.559. The normalized spacial score (nSPS) is 13.0. The molecule has 0 aliphatic carbocycles. The maximum Gasteiger partial charge on any atom is 0.198 e. The molecule has 0 spiro atoms. The van der Waals surface area contributed by atoms with Gasteiger partial charge in [0.05, 0.1) is 12.5 Å². The molecule has 0 saturated heterocycles. The highest BCUT2D eigenvalue weighted by Gasteiger charge is 2.16. The molecule has 0 bridgehead atoms. The maximum absolute atomic E-state index is 10.1. The first kappa shape index (κ1) is 11.9. The molecular formula is C13H10BrNO2S. The van der Waals surface area contributed by atoms with Crippen LogP contribution in [0.5, 0.6) is 0 Å². The van der Waals surface area contributed by atoms with Gasteiger partial charge in [0.15, 0.2) is 11.5 Å². The number of hydrogen-bond donors (Lipinski definition) is 1. The Morgan fingerprint density at radius 2 is 2.17 bits per heavy atom. The summed E-state index contributed by atoms with van der Waals surface area (Å²) < 4.78 is 6.52. The van der Waals surface area contributed by atoms with Crippen LogP contribution in [-0.4, -0.2) is 10.1 Å². The summed E-state index contributed by atoms with van der Waals surface area (Å²) in [4.78, 5) is 5.26. The standard InChI is InChI=1S/C13H10BrNO2S/c14-8-5-6-18-13(8)10(16)7-12-15-9-3-1-2-4-11(9)17-12/h1-6,10,16H,7H2. The van der Waals surface area contributed by atoms with Gasteiger partial charge >= 0.3 is 0 Å². The lowest BCUT2D eigenvalue weighted by Crippen LogP contribution is -2.00. The van der Waals surface area contributed by atoms with E-state index in [0.717, 1.165) is 20.4 Å². The number of aliphatic hydroxyl groups is 1. The highest BCUT2D eigenvalue weighted by atomic mass is 79.9. The number of nitrogens with zero attached hydrogens (tertiary/aromatic N) is 1. The number of hydrogen-bond acceptors (Lipinski definition) is 4. The molecule has 0 aliphatic heterocycles. The minimum absolute atomic E-state index is 0.383. The first-order valence-corrected chi connectivity index (χ1v) is 7.16. The van der Waals surface area contributed by atoms with Crippen LogP contribution in [0, 0.1) is 0 Å². The molecule has 3 rings (SSSR count). The summed E-state index contributed by atoms with van der Waals surface area (Å²) >= 11 is 4.93. The molecule has 1 atom stereocenters. The van der Waals surface area contributed by atoms with Gasteiger partial charge in [0, 0.05) is 9.35 Å². The van der Waals surface area contributed by atoms with Crippen molar-refractivity contribution in [1.82, 2.24) is 4.98 Å². The number of halogens is 1. The lowest BCUT2D eigenvalue weighted by atomic mass is 10.2. The highest BCUT2D eigenvalue weighted by Crippen LogP contribution is 2.31. The quantitative estimate of drug-likeness (QED) is 0.794. The second kappa shape index (κ2) is 4.84. The summed E-state index contributed by atoms with van der Waals surface area (Å²) in [6.45, 7) is 0. The fourth-order valence-electron chi connectivity index (χ4n) is 1.81. The van der Waals surface area contributed by atoms with Crippen molar-refractivity contribution in [3.8, 4) is 0 Å². The summed E-state index contributed by atoms with van der Waals surface area (Å²) in [6.07, 6.45) is -0.208. The predicted octanol–water partition coefficient (Wildman–Crippen LogP) is 3.93. The SMILES string of the molecule is OC(Cc1nc2ccccc2o1)c1sccc1Br. The Labute approximate surface area is 116 Å². The molecule has 2 heterocycles. The van der Waals surface area contributed by atoms with Crippen LogP contribution in [0.25, 0.3) is 11.1 Å². The number of oxazole rings is 1. The zero-order chi connectivity index (χ0) is 12.5. The molecule has 3 aromatic rings. The van der Waals surface area contributed by atoms with Crippen molar-refractivity contribution in [1.29, 1.82) is 0 Å². The van der Waals surface area contributed by atoms with Crippen LogP contribution in [0.3, 0.4) is 0 Å². The molecule has 0 aliphatic rings. The fraction of sp³-hybridized carbons (Fsp3) is 0.154. The largest absolute Gasteiger partial charge is 0.441 e. The zero-order valence-electron chi connectivity index (χ0n) is 9.34. The van der Waals surface area contributed by atoms with E-state index in [1.807, 2.05) is 35.7 Å². The van der Waals surface area contributed by atoms with Crippen molar-refractivity contribution >= 4 is 38.4 Å². The van der Waals surface area contributed by atoms with E-state index < -0.39 is 6.10 Å². The topological polar surface area (TPSA) is 46.3 Å². The Balaban J connectivity index is 1.86. The molecule has 1 N–H and O–H groups in total. The van der Waals surface area contributed by atoms with Gasteiger partial charge in [0.1, 0.15) is 5.52 Å². The molecule has 0 amide bonds. The van der Waals surface area contributed by atoms with Gasteiger partial charge in [0.2, 0.25) is 0 Å². The third-order valence-electron chi connectivity index (χ3n) is 2.65. The summed E-state index contributed by atoms with van der Waals surface area (Å²) in [7, 11) is 0. The molecule has 0 fully saturated rings. The van der Waals surface area contributed by atoms with Gasteiger partial charge in [-0.2, -0.15) is 0 Å². The fourth-order valence-corrected chi connectivity index (χ4v) is 3.43. The molecule has 3 nitrogen and oxygen atoms in total. The second-order valence-corrected chi connectivity index (χ2v) is 5.73. The number of thiophene rings is 1. The van der Waals surface area contributed by atoms with Crippen LogP contribution in [0.2, 0.25) is 0 Å². The van der Waals surface area contributed by atoms with Crippen molar-refractivity contribution < 1.29 is 9.52 Å². The number of rotatable bonds is 3. The average molecular weight is 324 g/mol. The van der Waals surface area contributed by atoms with Crippen molar-refractivity contribution in [3.63, 3.8) is 0 Å². The molecule has 0 saturated carbocycles. The molecule has 1 aromatic carbocycles. The van der Waals surface area contributed by atoms with E-state index in [2.05, 4.69) is 20.9 Å². The lowest BCUT2D eigenvalue weighted by molar-refractivity contribution is 0.172. The van der Waals surface area contributed by atoms with Gasteiger partial charge < -0.3 is 9.52 Å². The number of benzene rings is 1.